The summed E-state index contributed by atoms with van der Waals surface area (Å²) in [5.74, 6) is 0.846. The summed E-state index contributed by atoms with van der Waals surface area (Å²) in [6.45, 7) is 15.0. The van der Waals surface area contributed by atoms with Gasteiger partial charge in [0.1, 0.15) is 11.5 Å². The smallest absolute Gasteiger partial charge is 0.185 e. The lowest BCUT2D eigenvalue weighted by Gasteiger charge is -2.30. The molecule has 0 aromatic heterocycles. The van der Waals surface area contributed by atoms with Crippen molar-refractivity contribution in [2.75, 3.05) is 19.0 Å². The Morgan fingerprint density at radius 2 is 1.68 bits per heavy atom. The lowest BCUT2D eigenvalue weighted by molar-refractivity contribution is 0.104. The molecule has 168 valence electrons. The Morgan fingerprint density at radius 3 is 2.16 bits per heavy atom. The first-order valence-corrected chi connectivity index (χ1v) is 10.9. The van der Waals surface area contributed by atoms with Gasteiger partial charge in [0.25, 0.3) is 0 Å². The van der Waals surface area contributed by atoms with Crippen LogP contribution in [0.1, 0.15) is 81.9 Å². The van der Waals surface area contributed by atoms with E-state index >= 15 is 0 Å². The summed E-state index contributed by atoms with van der Waals surface area (Å²) in [4.78, 5) is 12.8. The molecular formula is C27H37NO3. The van der Waals surface area contributed by atoms with Crippen molar-refractivity contribution in [1.82, 2.24) is 0 Å². The second-order valence-corrected chi connectivity index (χ2v) is 9.94. The molecule has 2 N–H and O–H groups in total. The molecule has 2 aromatic carbocycles. The lowest BCUT2D eigenvalue weighted by atomic mass is 9.77. The second-order valence-electron chi connectivity index (χ2n) is 9.94. The van der Waals surface area contributed by atoms with Crippen LogP contribution in [0.15, 0.2) is 36.4 Å². The number of ether oxygens (including phenoxy) is 1. The Balaban J connectivity index is 2.62. The van der Waals surface area contributed by atoms with Gasteiger partial charge >= 0.3 is 0 Å². The molecule has 0 unspecified atom stereocenters. The Kier molecular flexibility index (Phi) is 7.58. The van der Waals surface area contributed by atoms with Crippen molar-refractivity contribution in [2.24, 2.45) is 0 Å². The van der Waals surface area contributed by atoms with E-state index in [2.05, 4.69) is 46.9 Å². The summed E-state index contributed by atoms with van der Waals surface area (Å²) < 4.78 is 6.13. The minimum absolute atomic E-state index is 0.0770. The number of carbonyl (C=O) groups is 1. The molecule has 0 saturated carbocycles. The predicted molar refractivity (Wildman–Crippen MR) is 131 cm³/mol. The van der Waals surface area contributed by atoms with Crippen LogP contribution in [-0.4, -0.2) is 24.5 Å². The van der Waals surface area contributed by atoms with Gasteiger partial charge in [0.05, 0.1) is 6.61 Å². The Labute approximate surface area is 187 Å². The molecule has 0 saturated heterocycles. The molecule has 0 amide bonds. The van der Waals surface area contributed by atoms with E-state index in [1.54, 1.807) is 6.08 Å². The van der Waals surface area contributed by atoms with Crippen LogP contribution in [0, 0.1) is 0 Å². The van der Waals surface area contributed by atoms with E-state index in [9.17, 15) is 9.90 Å². The highest BCUT2D eigenvalue weighted by molar-refractivity contribution is 6.07. The summed E-state index contributed by atoms with van der Waals surface area (Å²) >= 11 is 0. The Morgan fingerprint density at radius 1 is 1.06 bits per heavy atom. The Hall–Kier alpha value is -2.75. The third-order valence-electron chi connectivity index (χ3n) is 5.16. The first-order chi connectivity index (χ1) is 14.4. The van der Waals surface area contributed by atoms with Gasteiger partial charge in [-0.15, -0.1) is 0 Å². The summed E-state index contributed by atoms with van der Waals surface area (Å²) in [5, 5.41) is 14.2. The average Bonchev–Trinajstić information content (AvgIpc) is 2.69. The van der Waals surface area contributed by atoms with Crippen molar-refractivity contribution >= 4 is 17.5 Å². The van der Waals surface area contributed by atoms with Crippen LogP contribution in [0.4, 0.5) is 5.69 Å². The number of ketones is 1. The fourth-order valence-corrected chi connectivity index (χ4v) is 3.49. The minimum Gasteiger partial charge on any atom is -0.507 e. The summed E-state index contributed by atoms with van der Waals surface area (Å²) in [7, 11) is 1.85. The lowest BCUT2D eigenvalue weighted by Crippen LogP contribution is -2.19. The van der Waals surface area contributed by atoms with E-state index in [1.165, 1.54) is 0 Å². The SMILES string of the molecule is CCCOc1c(C=CC(=O)c2ccc(NC)cc2)cc(C(C)(C)C)c(O)c1C(C)(C)C. The van der Waals surface area contributed by atoms with Crippen molar-refractivity contribution in [1.29, 1.82) is 0 Å². The largest absolute Gasteiger partial charge is 0.507 e. The molecule has 0 bridgehead atoms. The van der Waals surface area contributed by atoms with Gasteiger partial charge < -0.3 is 15.2 Å². The normalized spacial score (nSPS) is 12.3. The molecule has 0 atom stereocenters. The quantitative estimate of drug-likeness (QED) is 0.384. The summed E-state index contributed by atoms with van der Waals surface area (Å²) in [6.07, 6.45) is 4.24. The van der Waals surface area contributed by atoms with E-state index in [-0.39, 0.29) is 22.4 Å². The minimum atomic E-state index is -0.329. The second kappa shape index (κ2) is 9.59. The van der Waals surface area contributed by atoms with E-state index in [0.717, 1.165) is 28.8 Å². The number of rotatable bonds is 7. The van der Waals surface area contributed by atoms with E-state index in [0.29, 0.717) is 17.9 Å². The molecular weight excluding hydrogens is 386 g/mol. The molecule has 0 aliphatic carbocycles. The van der Waals surface area contributed by atoms with Crippen molar-refractivity contribution in [3.05, 3.63) is 58.7 Å². The monoisotopic (exact) mass is 423 g/mol. The number of hydrogen-bond donors (Lipinski definition) is 2. The maximum Gasteiger partial charge on any atom is 0.185 e. The van der Waals surface area contributed by atoms with Crippen molar-refractivity contribution in [3.63, 3.8) is 0 Å². The molecule has 2 aromatic rings. The molecule has 0 radical (unpaired) electrons. The van der Waals surface area contributed by atoms with Crippen LogP contribution in [0.5, 0.6) is 11.5 Å². The standard InChI is InChI=1S/C27H37NO3/c1-9-16-31-25-19(12-15-22(29)18-10-13-20(28-8)14-11-18)17-21(26(2,3)4)24(30)23(25)27(5,6)7/h10-15,17,28,30H,9,16H2,1-8H3. The molecule has 0 aliphatic rings. The highest BCUT2D eigenvalue weighted by atomic mass is 16.5. The van der Waals surface area contributed by atoms with Gasteiger partial charge in [-0.25, -0.2) is 0 Å². The third-order valence-corrected chi connectivity index (χ3v) is 5.16. The number of hydrogen-bond acceptors (Lipinski definition) is 4. The van der Waals surface area contributed by atoms with Crippen molar-refractivity contribution in [3.8, 4) is 11.5 Å². The molecule has 4 nitrogen and oxygen atoms in total. The zero-order chi connectivity index (χ0) is 23.4. The van der Waals surface area contributed by atoms with Crippen LogP contribution >= 0.6 is 0 Å². The molecule has 0 aliphatic heterocycles. The van der Waals surface area contributed by atoms with E-state index in [1.807, 2.05) is 50.4 Å². The van der Waals surface area contributed by atoms with Gasteiger partial charge in [-0.3, -0.25) is 4.79 Å². The van der Waals surface area contributed by atoms with Crippen LogP contribution < -0.4 is 10.1 Å². The van der Waals surface area contributed by atoms with Gasteiger partial charge in [-0.2, -0.15) is 0 Å². The highest BCUT2D eigenvalue weighted by Gasteiger charge is 2.31. The number of anilines is 1. The maximum absolute atomic E-state index is 12.8. The fraction of sp³-hybridized carbons (Fsp3) is 0.444. The average molecular weight is 424 g/mol. The molecule has 0 heterocycles. The third kappa shape index (κ3) is 5.90. The van der Waals surface area contributed by atoms with Crippen LogP contribution in [0.3, 0.4) is 0 Å². The van der Waals surface area contributed by atoms with Crippen molar-refractivity contribution in [2.45, 2.75) is 65.7 Å². The van der Waals surface area contributed by atoms with E-state index in [4.69, 9.17) is 4.74 Å². The van der Waals surface area contributed by atoms with Crippen LogP contribution in [-0.2, 0) is 10.8 Å². The number of phenols is 1. The van der Waals surface area contributed by atoms with Gasteiger partial charge in [0, 0.05) is 35.0 Å². The van der Waals surface area contributed by atoms with E-state index < -0.39 is 0 Å². The number of aromatic hydroxyl groups is 1. The number of phenolic OH excluding ortho intramolecular Hbond substituents is 1. The summed E-state index contributed by atoms with van der Waals surface area (Å²) in [6, 6.07) is 9.33. The predicted octanol–water partition coefficient (Wildman–Crippen LogP) is 6.71. The number of benzene rings is 2. The molecule has 2 rings (SSSR count). The first-order valence-electron chi connectivity index (χ1n) is 10.9. The molecule has 4 heteroatoms. The zero-order valence-electron chi connectivity index (χ0n) is 20.2. The summed E-state index contributed by atoms with van der Waals surface area (Å²) in [5.41, 5.74) is 3.41. The topological polar surface area (TPSA) is 58.6 Å². The Bertz CT molecular complexity index is 942. The van der Waals surface area contributed by atoms with Gasteiger partial charge in [0.15, 0.2) is 5.78 Å². The van der Waals surface area contributed by atoms with Gasteiger partial charge in [0.2, 0.25) is 0 Å². The van der Waals surface area contributed by atoms with Crippen LogP contribution in [0.2, 0.25) is 0 Å². The molecule has 0 spiro atoms. The number of nitrogens with one attached hydrogen (secondary N) is 1. The van der Waals surface area contributed by atoms with Gasteiger partial charge in [-0.1, -0.05) is 48.5 Å². The fourth-order valence-electron chi connectivity index (χ4n) is 3.49. The molecule has 31 heavy (non-hydrogen) atoms. The number of allylic oxidation sites excluding steroid dienone is 1. The zero-order valence-corrected chi connectivity index (χ0v) is 20.2. The molecule has 0 fully saturated rings. The van der Waals surface area contributed by atoms with Crippen molar-refractivity contribution < 1.29 is 14.6 Å². The number of carbonyl (C=O) groups excluding carboxylic acids is 1. The van der Waals surface area contributed by atoms with Crippen LogP contribution in [0.25, 0.3) is 6.08 Å². The maximum atomic E-state index is 12.8. The van der Waals surface area contributed by atoms with Gasteiger partial charge in [-0.05, 0) is 59.7 Å². The first kappa shape index (κ1) is 24.5. The highest BCUT2D eigenvalue weighted by Crippen LogP contribution is 2.46.